The number of carbonyl (C=O) groups is 1. The van der Waals surface area contributed by atoms with Crippen molar-refractivity contribution in [2.45, 2.75) is 6.42 Å². The Balaban J connectivity index is 2.43. The Bertz CT molecular complexity index is 167. The van der Waals surface area contributed by atoms with Crippen LogP contribution in [0.4, 0.5) is 0 Å². The zero-order chi connectivity index (χ0) is 7.40. The van der Waals surface area contributed by atoms with Gasteiger partial charge < -0.3 is 11.1 Å². The van der Waals surface area contributed by atoms with Gasteiger partial charge in [-0.2, -0.15) is 0 Å². The largest absolute Gasteiger partial charge is 0.330 e. The van der Waals surface area contributed by atoms with Crippen LogP contribution in [-0.4, -0.2) is 18.2 Å². The van der Waals surface area contributed by atoms with Gasteiger partial charge in [-0.1, -0.05) is 0 Å². The maximum absolute atomic E-state index is 10.7. The second-order valence-electron chi connectivity index (χ2n) is 2.04. The third-order valence-electron chi connectivity index (χ3n) is 1.15. The van der Waals surface area contributed by atoms with E-state index in [-0.39, 0.29) is 5.91 Å². The minimum absolute atomic E-state index is 0.0796. The maximum atomic E-state index is 10.7. The molecule has 4 heteroatoms. The van der Waals surface area contributed by atoms with Crippen molar-refractivity contribution in [3.63, 3.8) is 0 Å². The zero-order valence-corrected chi connectivity index (χ0v) is 6.41. The first kappa shape index (κ1) is 7.63. The van der Waals surface area contributed by atoms with Gasteiger partial charge in [-0.3, -0.25) is 4.79 Å². The Morgan fingerprint density at radius 2 is 2.60 bits per heavy atom. The maximum Gasteiger partial charge on any atom is 0.234 e. The molecule has 1 amide bonds. The molecule has 1 aliphatic rings. The van der Waals surface area contributed by atoms with Gasteiger partial charge in [0.05, 0.1) is 5.75 Å². The summed E-state index contributed by atoms with van der Waals surface area (Å²) in [6, 6.07) is 0. The minimum Gasteiger partial charge on any atom is -0.330 e. The Hall–Kier alpha value is -0.480. The van der Waals surface area contributed by atoms with Gasteiger partial charge in [-0.25, -0.2) is 0 Å². The molecule has 0 aromatic heterocycles. The van der Waals surface area contributed by atoms with Crippen molar-refractivity contribution in [3.05, 3.63) is 11.1 Å². The van der Waals surface area contributed by atoms with Gasteiger partial charge in [-0.15, -0.1) is 11.8 Å². The van der Waals surface area contributed by atoms with Crippen molar-refractivity contribution < 1.29 is 4.79 Å². The molecule has 56 valence electrons. The number of nitrogens with one attached hydrogen (secondary N) is 1. The molecular formula is C6H10N2OS. The molecule has 0 unspecified atom stereocenters. The first-order valence-electron chi connectivity index (χ1n) is 3.13. The summed E-state index contributed by atoms with van der Waals surface area (Å²) in [6.07, 6.45) is 0.763. The van der Waals surface area contributed by atoms with Crippen molar-refractivity contribution in [3.8, 4) is 0 Å². The predicted molar refractivity (Wildman–Crippen MR) is 42.4 cm³/mol. The van der Waals surface area contributed by atoms with Gasteiger partial charge >= 0.3 is 0 Å². The van der Waals surface area contributed by atoms with Crippen LogP contribution in [0.1, 0.15) is 6.42 Å². The van der Waals surface area contributed by atoms with E-state index in [2.05, 4.69) is 5.32 Å². The number of carbonyl (C=O) groups excluding carboxylic acids is 1. The second-order valence-corrected chi connectivity index (χ2v) is 2.90. The zero-order valence-electron chi connectivity index (χ0n) is 5.59. The second kappa shape index (κ2) is 3.63. The van der Waals surface area contributed by atoms with Crippen LogP contribution in [0.3, 0.4) is 0 Å². The molecular weight excluding hydrogens is 148 g/mol. The summed E-state index contributed by atoms with van der Waals surface area (Å²) < 4.78 is 0. The van der Waals surface area contributed by atoms with E-state index in [0.29, 0.717) is 12.3 Å². The first-order valence-corrected chi connectivity index (χ1v) is 4.18. The van der Waals surface area contributed by atoms with E-state index >= 15 is 0 Å². The topological polar surface area (TPSA) is 55.1 Å². The molecule has 0 saturated heterocycles. The molecule has 10 heavy (non-hydrogen) atoms. The quantitative estimate of drug-likeness (QED) is 0.596. The Morgan fingerprint density at radius 1 is 1.80 bits per heavy atom. The fourth-order valence-electron chi connectivity index (χ4n) is 0.739. The van der Waals surface area contributed by atoms with Gasteiger partial charge in [0.15, 0.2) is 0 Å². The Kier molecular flexibility index (Phi) is 2.77. The van der Waals surface area contributed by atoms with Crippen LogP contribution in [0.15, 0.2) is 11.1 Å². The molecule has 0 spiro atoms. The molecule has 0 bridgehead atoms. The molecule has 0 aliphatic carbocycles. The van der Waals surface area contributed by atoms with Gasteiger partial charge in [0.25, 0.3) is 0 Å². The molecule has 0 radical (unpaired) electrons. The lowest BCUT2D eigenvalue weighted by atomic mass is 10.3. The standard InChI is InChI=1S/C6H10N2OS/c7-2-1-5-3-10-4-6(9)8-5/h3H,1-2,4,7H2,(H,8,9). The summed E-state index contributed by atoms with van der Waals surface area (Å²) in [4.78, 5) is 10.7. The molecule has 0 atom stereocenters. The predicted octanol–water partition coefficient (Wildman–Crippen LogP) is 0.0396. The monoisotopic (exact) mass is 158 g/mol. The average molecular weight is 158 g/mol. The number of amides is 1. The number of hydrogen-bond acceptors (Lipinski definition) is 3. The number of hydrogen-bond donors (Lipinski definition) is 2. The molecule has 1 heterocycles. The van der Waals surface area contributed by atoms with E-state index in [4.69, 9.17) is 5.73 Å². The van der Waals surface area contributed by atoms with Crippen molar-refractivity contribution in [1.82, 2.24) is 5.32 Å². The van der Waals surface area contributed by atoms with Crippen LogP contribution in [0.5, 0.6) is 0 Å². The fourth-order valence-corrected chi connectivity index (χ4v) is 1.42. The molecule has 1 rings (SSSR count). The number of thioether (sulfide) groups is 1. The van der Waals surface area contributed by atoms with Crippen molar-refractivity contribution in [1.29, 1.82) is 0 Å². The van der Waals surface area contributed by atoms with E-state index in [9.17, 15) is 4.79 Å². The molecule has 0 fully saturated rings. The van der Waals surface area contributed by atoms with Crippen molar-refractivity contribution in [2.75, 3.05) is 12.3 Å². The van der Waals surface area contributed by atoms with E-state index in [0.717, 1.165) is 12.1 Å². The highest BCUT2D eigenvalue weighted by atomic mass is 32.2. The molecule has 0 aromatic carbocycles. The van der Waals surface area contributed by atoms with Gasteiger partial charge in [-0.05, 0) is 12.0 Å². The summed E-state index contributed by atoms with van der Waals surface area (Å²) in [5, 5.41) is 4.69. The van der Waals surface area contributed by atoms with E-state index in [1.165, 1.54) is 11.8 Å². The van der Waals surface area contributed by atoms with E-state index < -0.39 is 0 Å². The fraction of sp³-hybridized carbons (Fsp3) is 0.500. The van der Waals surface area contributed by atoms with Gasteiger partial charge in [0, 0.05) is 12.1 Å². The molecule has 0 aromatic rings. The number of nitrogens with two attached hydrogens (primary N) is 1. The highest BCUT2D eigenvalue weighted by Gasteiger charge is 2.08. The Morgan fingerprint density at radius 3 is 3.20 bits per heavy atom. The molecule has 3 N–H and O–H groups in total. The summed E-state index contributed by atoms with van der Waals surface area (Å²) in [5.74, 6) is 0.615. The average Bonchev–Trinajstić information content (AvgIpc) is 1.88. The third-order valence-corrected chi connectivity index (χ3v) is 2.03. The molecule has 0 saturated carbocycles. The van der Waals surface area contributed by atoms with Crippen molar-refractivity contribution >= 4 is 17.7 Å². The van der Waals surface area contributed by atoms with Crippen LogP contribution in [0.25, 0.3) is 0 Å². The van der Waals surface area contributed by atoms with Crippen LogP contribution < -0.4 is 11.1 Å². The molecule has 1 aliphatic heterocycles. The highest BCUT2D eigenvalue weighted by molar-refractivity contribution is 8.02. The lowest BCUT2D eigenvalue weighted by Crippen LogP contribution is -2.28. The van der Waals surface area contributed by atoms with Crippen LogP contribution in [0.2, 0.25) is 0 Å². The summed E-state index contributed by atoms with van der Waals surface area (Å²) >= 11 is 1.52. The lowest BCUT2D eigenvalue weighted by molar-refractivity contribution is -0.117. The van der Waals surface area contributed by atoms with E-state index in [1.807, 2.05) is 5.41 Å². The summed E-state index contributed by atoms with van der Waals surface area (Å²) in [5.41, 5.74) is 6.25. The highest BCUT2D eigenvalue weighted by Crippen LogP contribution is 2.12. The van der Waals surface area contributed by atoms with Gasteiger partial charge in [0.1, 0.15) is 0 Å². The molecule has 3 nitrogen and oxygen atoms in total. The lowest BCUT2D eigenvalue weighted by Gasteiger charge is -2.12. The van der Waals surface area contributed by atoms with Gasteiger partial charge in [0.2, 0.25) is 5.91 Å². The smallest absolute Gasteiger partial charge is 0.234 e. The summed E-state index contributed by atoms with van der Waals surface area (Å²) in [6.45, 7) is 0.590. The van der Waals surface area contributed by atoms with E-state index in [1.54, 1.807) is 0 Å². The van der Waals surface area contributed by atoms with Crippen molar-refractivity contribution in [2.24, 2.45) is 5.73 Å². The van der Waals surface area contributed by atoms with Crippen LogP contribution in [-0.2, 0) is 4.79 Å². The third kappa shape index (κ3) is 2.04. The summed E-state index contributed by atoms with van der Waals surface area (Å²) in [7, 11) is 0. The Labute approximate surface area is 64.0 Å². The normalized spacial score (nSPS) is 18.1. The van der Waals surface area contributed by atoms with Crippen LogP contribution >= 0.6 is 11.8 Å². The SMILES string of the molecule is NCCC1=CSCC(=O)N1. The first-order chi connectivity index (χ1) is 4.83. The number of rotatable bonds is 2. The minimum atomic E-state index is 0.0796. The van der Waals surface area contributed by atoms with Crippen LogP contribution in [0, 0.1) is 0 Å².